The summed E-state index contributed by atoms with van der Waals surface area (Å²) in [5.74, 6) is 0.0249. The molecule has 3 aromatic rings. The van der Waals surface area contributed by atoms with E-state index in [0.29, 0.717) is 33.1 Å². The van der Waals surface area contributed by atoms with Crippen molar-refractivity contribution in [2.24, 2.45) is 0 Å². The Kier molecular flexibility index (Phi) is 7.69. The minimum absolute atomic E-state index is 0.0415. The molecule has 0 fully saturated rings. The fourth-order valence-corrected chi connectivity index (χ4v) is 4.10. The van der Waals surface area contributed by atoms with Crippen molar-refractivity contribution in [2.45, 2.75) is 6.61 Å². The Morgan fingerprint density at radius 1 is 1.10 bits per heavy atom. The van der Waals surface area contributed by atoms with Gasteiger partial charge in [0, 0.05) is 20.7 Å². The summed E-state index contributed by atoms with van der Waals surface area (Å²) in [5.41, 5.74) is 2.09. The summed E-state index contributed by atoms with van der Waals surface area (Å²) in [6.45, 7) is 0.302. The van der Waals surface area contributed by atoms with E-state index in [-0.39, 0.29) is 5.57 Å². The monoisotopic (exact) mass is 544 g/mol. The lowest BCUT2D eigenvalue weighted by Gasteiger charge is -2.13. The number of nitrogens with zero attached hydrogens (tertiary/aromatic N) is 1. The first-order chi connectivity index (χ1) is 14.5. The summed E-state index contributed by atoms with van der Waals surface area (Å²) >= 11 is 12.9. The SMILES string of the molecule is N#C/C(=C\c1cc(Br)cc(Br)c1OCc1ccc(Cl)cc1)C(=O)Nc1ccccc1. The molecule has 1 amide bonds. The third-order valence-electron chi connectivity index (χ3n) is 4.03. The zero-order chi connectivity index (χ0) is 21.5. The smallest absolute Gasteiger partial charge is 0.266 e. The van der Waals surface area contributed by atoms with Gasteiger partial charge in [0.1, 0.15) is 24.0 Å². The first-order valence-electron chi connectivity index (χ1n) is 8.81. The Balaban J connectivity index is 1.88. The number of ether oxygens (including phenoxy) is 1. The lowest BCUT2D eigenvalue weighted by Crippen LogP contribution is -2.13. The molecule has 0 saturated heterocycles. The predicted octanol–water partition coefficient (Wildman–Crippen LogP) is 6.99. The minimum atomic E-state index is -0.497. The van der Waals surface area contributed by atoms with Gasteiger partial charge in [0.05, 0.1) is 4.47 Å². The van der Waals surface area contributed by atoms with E-state index in [4.69, 9.17) is 16.3 Å². The van der Waals surface area contributed by atoms with E-state index < -0.39 is 5.91 Å². The highest BCUT2D eigenvalue weighted by molar-refractivity contribution is 9.11. The average molecular weight is 547 g/mol. The zero-order valence-corrected chi connectivity index (χ0v) is 19.5. The molecule has 0 aliphatic carbocycles. The van der Waals surface area contributed by atoms with Gasteiger partial charge >= 0.3 is 0 Å². The minimum Gasteiger partial charge on any atom is -0.487 e. The van der Waals surface area contributed by atoms with Crippen molar-refractivity contribution < 1.29 is 9.53 Å². The molecule has 0 saturated carbocycles. The van der Waals surface area contributed by atoms with Crippen LogP contribution < -0.4 is 10.1 Å². The van der Waals surface area contributed by atoms with Gasteiger partial charge in [-0.2, -0.15) is 5.26 Å². The van der Waals surface area contributed by atoms with Crippen LogP contribution in [0.3, 0.4) is 0 Å². The second-order valence-electron chi connectivity index (χ2n) is 6.21. The van der Waals surface area contributed by atoms with Crippen molar-refractivity contribution >= 4 is 61.1 Å². The normalized spacial score (nSPS) is 10.9. The molecule has 7 heteroatoms. The number of hydrogen-bond acceptors (Lipinski definition) is 3. The van der Waals surface area contributed by atoms with Gasteiger partial charge < -0.3 is 10.1 Å². The third-order valence-corrected chi connectivity index (χ3v) is 5.33. The number of halogens is 3. The molecule has 0 heterocycles. The molecule has 0 radical (unpaired) electrons. The molecule has 0 spiro atoms. The van der Waals surface area contributed by atoms with Gasteiger partial charge in [-0.05, 0) is 64.0 Å². The second kappa shape index (κ2) is 10.4. The average Bonchev–Trinajstić information content (AvgIpc) is 2.73. The maximum atomic E-state index is 12.6. The Morgan fingerprint density at radius 3 is 2.47 bits per heavy atom. The summed E-state index contributed by atoms with van der Waals surface area (Å²) in [5, 5.41) is 12.9. The number of anilines is 1. The number of rotatable bonds is 6. The van der Waals surface area contributed by atoms with Crippen LogP contribution in [0.25, 0.3) is 6.08 Å². The Hall–Kier alpha value is -2.59. The van der Waals surface area contributed by atoms with Gasteiger partial charge in [0.2, 0.25) is 0 Å². The van der Waals surface area contributed by atoms with Gasteiger partial charge in [-0.3, -0.25) is 4.79 Å². The van der Waals surface area contributed by atoms with E-state index in [0.717, 1.165) is 10.0 Å². The van der Waals surface area contributed by atoms with Crippen molar-refractivity contribution in [3.63, 3.8) is 0 Å². The highest BCUT2D eigenvalue weighted by Crippen LogP contribution is 2.35. The fraction of sp³-hybridized carbons (Fsp3) is 0.0435. The number of hydrogen-bond donors (Lipinski definition) is 1. The maximum Gasteiger partial charge on any atom is 0.266 e. The summed E-state index contributed by atoms with van der Waals surface area (Å²) in [6, 6.07) is 21.9. The van der Waals surface area contributed by atoms with Crippen LogP contribution in [0, 0.1) is 11.3 Å². The van der Waals surface area contributed by atoms with Crippen LogP contribution in [0.15, 0.2) is 81.2 Å². The lowest BCUT2D eigenvalue weighted by atomic mass is 10.1. The molecule has 0 unspecified atom stereocenters. The van der Waals surface area contributed by atoms with Gasteiger partial charge in [-0.1, -0.05) is 57.9 Å². The van der Waals surface area contributed by atoms with Crippen molar-refractivity contribution in [1.29, 1.82) is 5.26 Å². The van der Waals surface area contributed by atoms with Crippen LogP contribution in [0.5, 0.6) is 5.75 Å². The van der Waals surface area contributed by atoms with Crippen LogP contribution in [-0.4, -0.2) is 5.91 Å². The molecular weight excluding hydrogens is 532 g/mol. The summed E-state index contributed by atoms with van der Waals surface area (Å²) in [6.07, 6.45) is 1.50. The van der Waals surface area contributed by atoms with E-state index in [1.165, 1.54) is 6.08 Å². The predicted molar refractivity (Wildman–Crippen MR) is 126 cm³/mol. The number of nitrogens with one attached hydrogen (secondary N) is 1. The molecule has 1 N–H and O–H groups in total. The first-order valence-corrected chi connectivity index (χ1v) is 10.8. The van der Waals surface area contributed by atoms with Crippen molar-refractivity contribution in [3.8, 4) is 11.8 Å². The Morgan fingerprint density at radius 2 is 1.80 bits per heavy atom. The molecule has 3 aromatic carbocycles. The standard InChI is InChI=1S/C23H15Br2ClN2O2/c24-18-11-16(10-17(13-27)23(29)28-20-4-2-1-3-5-20)22(21(25)12-18)30-14-15-6-8-19(26)9-7-15/h1-12H,14H2,(H,28,29)/b17-10+. The molecule has 0 aliphatic heterocycles. The number of benzene rings is 3. The summed E-state index contributed by atoms with van der Waals surface area (Å²) in [7, 11) is 0. The fourth-order valence-electron chi connectivity index (χ4n) is 2.60. The topological polar surface area (TPSA) is 62.1 Å². The lowest BCUT2D eigenvalue weighted by molar-refractivity contribution is -0.112. The largest absolute Gasteiger partial charge is 0.487 e. The number of para-hydroxylation sites is 1. The van der Waals surface area contributed by atoms with Gasteiger partial charge in [0.15, 0.2) is 0 Å². The zero-order valence-electron chi connectivity index (χ0n) is 15.5. The quantitative estimate of drug-likeness (QED) is 0.268. The molecule has 150 valence electrons. The van der Waals surface area contributed by atoms with Crippen molar-refractivity contribution in [3.05, 3.63) is 97.4 Å². The number of carbonyl (C=O) groups is 1. The molecule has 0 atom stereocenters. The molecule has 4 nitrogen and oxygen atoms in total. The molecule has 3 rings (SSSR count). The molecular formula is C23H15Br2ClN2O2. The van der Waals surface area contributed by atoms with E-state index in [1.54, 1.807) is 42.5 Å². The van der Waals surface area contributed by atoms with Crippen LogP contribution in [0.4, 0.5) is 5.69 Å². The van der Waals surface area contributed by atoms with Crippen LogP contribution in [0.1, 0.15) is 11.1 Å². The first kappa shape index (κ1) is 22.1. The Labute approximate surface area is 196 Å². The Bertz CT molecular complexity index is 1120. The van der Waals surface area contributed by atoms with Gasteiger partial charge in [0.25, 0.3) is 5.91 Å². The summed E-state index contributed by atoms with van der Waals surface area (Å²) in [4.78, 5) is 12.6. The van der Waals surface area contributed by atoms with E-state index in [1.807, 2.05) is 30.3 Å². The number of carbonyl (C=O) groups excluding carboxylic acids is 1. The highest BCUT2D eigenvalue weighted by atomic mass is 79.9. The molecule has 30 heavy (non-hydrogen) atoms. The van der Waals surface area contributed by atoms with Crippen molar-refractivity contribution in [1.82, 2.24) is 0 Å². The van der Waals surface area contributed by atoms with Crippen LogP contribution in [0.2, 0.25) is 5.02 Å². The van der Waals surface area contributed by atoms with Crippen LogP contribution in [-0.2, 0) is 11.4 Å². The van der Waals surface area contributed by atoms with Crippen LogP contribution >= 0.6 is 43.5 Å². The number of amides is 1. The maximum absolute atomic E-state index is 12.6. The van der Waals surface area contributed by atoms with E-state index >= 15 is 0 Å². The molecule has 0 bridgehead atoms. The third kappa shape index (κ3) is 5.96. The molecule has 0 aliphatic rings. The molecule has 0 aromatic heterocycles. The van der Waals surface area contributed by atoms with E-state index in [9.17, 15) is 10.1 Å². The highest BCUT2D eigenvalue weighted by Gasteiger charge is 2.14. The summed E-state index contributed by atoms with van der Waals surface area (Å²) < 4.78 is 7.47. The number of nitriles is 1. The second-order valence-corrected chi connectivity index (χ2v) is 8.42. The van der Waals surface area contributed by atoms with Gasteiger partial charge in [-0.25, -0.2) is 0 Å². The van der Waals surface area contributed by atoms with Gasteiger partial charge in [-0.15, -0.1) is 0 Å². The van der Waals surface area contributed by atoms with Crippen molar-refractivity contribution in [2.75, 3.05) is 5.32 Å². The van der Waals surface area contributed by atoms with E-state index in [2.05, 4.69) is 37.2 Å².